The summed E-state index contributed by atoms with van der Waals surface area (Å²) in [6, 6.07) is 0.954. The zero-order valence-electron chi connectivity index (χ0n) is 13.4. The number of hydrogen-bond donors (Lipinski definition) is 3. The molecule has 8 nitrogen and oxygen atoms in total. The van der Waals surface area contributed by atoms with Crippen LogP contribution in [0.1, 0.15) is 19.3 Å². The van der Waals surface area contributed by atoms with Gasteiger partial charge in [-0.15, -0.1) is 0 Å². The van der Waals surface area contributed by atoms with Crippen molar-refractivity contribution in [1.82, 2.24) is 15.1 Å². The van der Waals surface area contributed by atoms with E-state index in [4.69, 9.17) is 10.8 Å². The molecule has 1 saturated heterocycles. The number of aliphatic hydroxyl groups is 1. The average Bonchev–Trinajstić information content (AvgIpc) is 2.56. The molecule has 0 bridgehead atoms. The van der Waals surface area contributed by atoms with Crippen LogP contribution >= 0.6 is 0 Å². The maximum absolute atomic E-state index is 11.7. The molecule has 1 amide bonds. The van der Waals surface area contributed by atoms with E-state index in [1.165, 1.54) is 4.68 Å². The molecular weight excluding hydrogens is 298 g/mol. The summed E-state index contributed by atoms with van der Waals surface area (Å²) in [5, 5.41) is 15.7. The first-order chi connectivity index (χ1) is 11.0. The van der Waals surface area contributed by atoms with Crippen molar-refractivity contribution in [3.05, 3.63) is 22.6 Å². The van der Waals surface area contributed by atoms with Gasteiger partial charge in [-0.25, -0.2) is 4.68 Å². The molecule has 1 aliphatic heterocycles. The van der Waals surface area contributed by atoms with Gasteiger partial charge in [0.15, 0.2) is 0 Å². The smallest absolute Gasteiger partial charge is 0.268 e. The van der Waals surface area contributed by atoms with Crippen LogP contribution in [0.5, 0.6) is 0 Å². The van der Waals surface area contributed by atoms with Crippen LogP contribution in [0, 0.1) is 5.92 Å². The third-order valence-electron chi connectivity index (χ3n) is 4.28. The molecule has 23 heavy (non-hydrogen) atoms. The third kappa shape index (κ3) is 4.77. The highest BCUT2D eigenvalue weighted by molar-refractivity contribution is 5.81. The fourth-order valence-corrected chi connectivity index (χ4v) is 2.67. The van der Waals surface area contributed by atoms with Gasteiger partial charge in [0, 0.05) is 39.4 Å². The van der Waals surface area contributed by atoms with E-state index in [-0.39, 0.29) is 24.5 Å². The van der Waals surface area contributed by atoms with Gasteiger partial charge in [-0.3, -0.25) is 9.59 Å². The quantitative estimate of drug-likeness (QED) is 0.607. The number of carbonyl (C=O) groups excluding carboxylic acids is 1. The molecule has 1 aromatic rings. The number of aromatic nitrogens is 2. The third-order valence-corrected chi connectivity index (χ3v) is 4.28. The predicted octanol–water partition coefficient (Wildman–Crippen LogP) is -1.18. The van der Waals surface area contributed by atoms with Crippen molar-refractivity contribution in [2.24, 2.45) is 18.7 Å². The monoisotopic (exact) mass is 323 g/mol. The molecule has 0 aliphatic carbocycles. The molecule has 1 aliphatic rings. The minimum Gasteiger partial charge on any atom is -0.396 e. The molecule has 0 unspecified atom stereocenters. The van der Waals surface area contributed by atoms with Gasteiger partial charge in [0.1, 0.15) is 0 Å². The molecule has 2 rings (SSSR count). The van der Waals surface area contributed by atoms with Crippen molar-refractivity contribution in [3.8, 4) is 0 Å². The highest BCUT2D eigenvalue weighted by Crippen LogP contribution is 2.21. The zero-order valence-corrected chi connectivity index (χ0v) is 13.4. The SMILES string of the molecule is Cn1ncc(N2CCC(CNC(=O)[C@@H](N)CCO)CC2)cc1=O. The van der Waals surface area contributed by atoms with Crippen molar-refractivity contribution < 1.29 is 9.90 Å². The van der Waals surface area contributed by atoms with Crippen molar-refractivity contribution in [3.63, 3.8) is 0 Å². The molecule has 1 atom stereocenters. The molecule has 0 radical (unpaired) electrons. The molecule has 2 heterocycles. The fourth-order valence-electron chi connectivity index (χ4n) is 2.67. The Labute approximate surface area is 135 Å². The van der Waals surface area contributed by atoms with E-state index in [0.717, 1.165) is 31.6 Å². The maximum Gasteiger partial charge on any atom is 0.268 e. The molecule has 0 aromatic carbocycles. The number of nitrogens with one attached hydrogen (secondary N) is 1. The van der Waals surface area contributed by atoms with E-state index in [0.29, 0.717) is 12.5 Å². The molecule has 8 heteroatoms. The van der Waals surface area contributed by atoms with Gasteiger partial charge in [0.2, 0.25) is 5.91 Å². The van der Waals surface area contributed by atoms with Gasteiger partial charge >= 0.3 is 0 Å². The number of amides is 1. The standard InChI is InChI=1S/C15H25N5O3/c1-19-14(22)8-12(10-18-19)20-5-2-11(3-6-20)9-17-15(23)13(16)4-7-21/h8,10-11,13,21H,2-7,9,16H2,1H3,(H,17,23)/t13-/m0/s1. The van der Waals surface area contributed by atoms with Gasteiger partial charge < -0.3 is 21.1 Å². The van der Waals surface area contributed by atoms with Gasteiger partial charge in [-0.2, -0.15) is 5.10 Å². The molecule has 0 spiro atoms. The Bertz CT molecular complexity index is 581. The van der Waals surface area contributed by atoms with Gasteiger partial charge in [-0.1, -0.05) is 0 Å². The fraction of sp³-hybridized carbons (Fsp3) is 0.667. The summed E-state index contributed by atoms with van der Waals surface area (Å²) in [7, 11) is 1.63. The highest BCUT2D eigenvalue weighted by Gasteiger charge is 2.21. The van der Waals surface area contributed by atoms with Crippen molar-refractivity contribution in [2.75, 3.05) is 31.1 Å². The lowest BCUT2D eigenvalue weighted by atomic mass is 9.96. The van der Waals surface area contributed by atoms with Crippen molar-refractivity contribution >= 4 is 11.6 Å². The van der Waals surface area contributed by atoms with Crippen LogP contribution in [0.15, 0.2) is 17.1 Å². The average molecular weight is 323 g/mol. The number of piperidine rings is 1. The van der Waals surface area contributed by atoms with Crippen LogP contribution in [-0.2, 0) is 11.8 Å². The minimum atomic E-state index is -0.647. The van der Waals surface area contributed by atoms with Crippen molar-refractivity contribution in [1.29, 1.82) is 0 Å². The lowest BCUT2D eigenvalue weighted by molar-refractivity contribution is -0.122. The molecule has 0 saturated carbocycles. The second-order valence-corrected chi connectivity index (χ2v) is 5.97. The first-order valence-corrected chi connectivity index (χ1v) is 7.93. The normalized spacial score (nSPS) is 17.1. The number of hydrogen-bond acceptors (Lipinski definition) is 6. The maximum atomic E-state index is 11.7. The van der Waals surface area contributed by atoms with E-state index < -0.39 is 6.04 Å². The number of carbonyl (C=O) groups is 1. The summed E-state index contributed by atoms with van der Waals surface area (Å²) in [6.07, 6.45) is 3.85. The Kier molecular flexibility index (Phi) is 6.12. The number of aryl methyl sites for hydroxylation is 1. The predicted molar refractivity (Wildman–Crippen MR) is 87.1 cm³/mol. The summed E-state index contributed by atoms with van der Waals surface area (Å²) in [5.41, 5.74) is 6.38. The number of nitrogens with two attached hydrogens (primary N) is 1. The Balaban J connectivity index is 1.78. The molecule has 1 aromatic heterocycles. The molecular formula is C15H25N5O3. The second-order valence-electron chi connectivity index (χ2n) is 5.97. The minimum absolute atomic E-state index is 0.0858. The Morgan fingerprint density at radius 2 is 2.22 bits per heavy atom. The van der Waals surface area contributed by atoms with Crippen LogP contribution in [0.3, 0.4) is 0 Å². The topological polar surface area (TPSA) is 113 Å². The number of rotatable bonds is 6. The van der Waals surface area contributed by atoms with E-state index in [9.17, 15) is 9.59 Å². The van der Waals surface area contributed by atoms with Crippen LogP contribution < -0.4 is 21.5 Å². The summed E-state index contributed by atoms with van der Waals surface area (Å²) >= 11 is 0. The number of anilines is 1. The summed E-state index contributed by atoms with van der Waals surface area (Å²) in [5.74, 6) is 0.188. The van der Waals surface area contributed by atoms with Crippen LogP contribution in [0.2, 0.25) is 0 Å². The van der Waals surface area contributed by atoms with Gasteiger partial charge in [-0.05, 0) is 25.2 Å². The van der Waals surface area contributed by atoms with Crippen molar-refractivity contribution in [2.45, 2.75) is 25.3 Å². The summed E-state index contributed by atoms with van der Waals surface area (Å²) < 4.78 is 1.31. The van der Waals surface area contributed by atoms with Crippen LogP contribution in [-0.4, -0.2) is 53.1 Å². The lowest BCUT2D eigenvalue weighted by Crippen LogP contribution is -2.44. The number of aliphatic hydroxyl groups excluding tert-OH is 1. The second kappa shape index (κ2) is 8.07. The molecule has 128 valence electrons. The zero-order chi connectivity index (χ0) is 16.8. The first kappa shape index (κ1) is 17.4. The Hall–Kier alpha value is -1.93. The van der Waals surface area contributed by atoms with E-state index in [1.807, 2.05) is 0 Å². The Morgan fingerprint density at radius 3 is 2.83 bits per heavy atom. The number of nitrogens with zero attached hydrogens (tertiary/aromatic N) is 3. The van der Waals surface area contributed by atoms with E-state index in [1.54, 1.807) is 19.3 Å². The van der Waals surface area contributed by atoms with E-state index in [2.05, 4.69) is 15.3 Å². The molecule has 4 N–H and O–H groups in total. The highest BCUT2D eigenvalue weighted by atomic mass is 16.3. The van der Waals surface area contributed by atoms with Crippen LogP contribution in [0.4, 0.5) is 5.69 Å². The van der Waals surface area contributed by atoms with Crippen LogP contribution in [0.25, 0.3) is 0 Å². The van der Waals surface area contributed by atoms with Gasteiger partial charge in [0.05, 0.1) is 17.9 Å². The first-order valence-electron chi connectivity index (χ1n) is 7.93. The molecule has 1 fully saturated rings. The summed E-state index contributed by atoms with van der Waals surface area (Å²) in [4.78, 5) is 25.5. The Morgan fingerprint density at radius 1 is 1.52 bits per heavy atom. The van der Waals surface area contributed by atoms with E-state index >= 15 is 0 Å². The van der Waals surface area contributed by atoms with Gasteiger partial charge in [0.25, 0.3) is 5.56 Å². The summed E-state index contributed by atoms with van der Waals surface area (Å²) in [6.45, 7) is 2.17. The lowest BCUT2D eigenvalue weighted by Gasteiger charge is -2.33. The largest absolute Gasteiger partial charge is 0.396 e.